The van der Waals surface area contributed by atoms with Gasteiger partial charge in [0.15, 0.2) is 0 Å². The smallest absolute Gasteiger partial charge is 0.282 e. The third-order valence-electron chi connectivity index (χ3n) is 3.18. The Morgan fingerprint density at radius 2 is 1.89 bits per heavy atom. The predicted molar refractivity (Wildman–Crippen MR) is 77.8 cm³/mol. The van der Waals surface area contributed by atoms with Crippen molar-refractivity contribution in [2.75, 3.05) is 13.1 Å². The number of thioether (sulfide) groups is 1. The highest BCUT2D eigenvalue weighted by molar-refractivity contribution is 8.13. The van der Waals surface area contributed by atoms with Gasteiger partial charge in [-0.3, -0.25) is 4.79 Å². The first-order valence-electron chi connectivity index (χ1n) is 6.44. The van der Waals surface area contributed by atoms with E-state index in [-0.39, 0.29) is 10.5 Å². The molecule has 0 aromatic heterocycles. The number of rotatable bonds is 3. The molecule has 1 heterocycles. The first-order valence-corrected chi connectivity index (χ1v) is 7.32. The van der Waals surface area contributed by atoms with Crippen molar-refractivity contribution in [1.82, 2.24) is 4.90 Å². The lowest BCUT2D eigenvalue weighted by Gasteiger charge is -2.27. The molecule has 1 aromatic rings. The molecule has 0 saturated carbocycles. The highest BCUT2D eigenvalue weighted by Gasteiger charge is 2.20. The van der Waals surface area contributed by atoms with Gasteiger partial charge in [0.05, 0.1) is 5.25 Å². The molecule has 0 N–H and O–H groups in total. The van der Waals surface area contributed by atoms with Crippen LogP contribution in [0.1, 0.15) is 30.1 Å². The number of carbonyl (C=O) groups excluding carboxylic acids is 1. The van der Waals surface area contributed by atoms with Crippen molar-refractivity contribution in [2.24, 2.45) is 0 Å². The van der Waals surface area contributed by atoms with E-state index >= 15 is 0 Å². The number of piperidine rings is 1. The van der Waals surface area contributed by atoms with Gasteiger partial charge < -0.3 is 4.90 Å². The highest BCUT2D eigenvalue weighted by atomic mass is 32.2. The first kappa shape index (κ1) is 13.2. The Balaban J connectivity index is 1.98. The Kier molecular flexibility index (Phi) is 4.88. The maximum Gasteiger partial charge on any atom is 0.282 e. The Morgan fingerprint density at radius 3 is 2.50 bits per heavy atom. The average Bonchev–Trinajstić information content (AvgIpc) is 2.46. The quantitative estimate of drug-likeness (QED) is 0.758. The van der Waals surface area contributed by atoms with E-state index in [1.165, 1.54) is 18.2 Å². The van der Waals surface area contributed by atoms with Crippen LogP contribution in [0.15, 0.2) is 43.0 Å². The summed E-state index contributed by atoms with van der Waals surface area (Å²) in [6, 6.07) is 10.1. The van der Waals surface area contributed by atoms with Gasteiger partial charge in [0, 0.05) is 13.1 Å². The van der Waals surface area contributed by atoms with Crippen LogP contribution >= 0.6 is 11.8 Å². The van der Waals surface area contributed by atoms with E-state index in [0.29, 0.717) is 0 Å². The molecule has 1 aliphatic heterocycles. The predicted octanol–water partition coefficient (Wildman–Crippen LogP) is 4.25. The van der Waals surface area contributed by atoms with Crippen molar-refractivity contribution in [2.45, 2.75) is 24.5 Å². The van der Waals surface area contributed by atoms with Gasteiger partial charge in [0.1, 0.15) is 0 Å². The van der Waals surface area contributed by atoms with Crippen molar-refractivity contribution in [3.05, 3.63) is 48.6 Å². The van der Waals surface area contributed by atoms with Crippen molar-refractivity contribution >= 4 is 17.0 Å². The van der Waals surface area contributed by atoms with E-state index in [0.717, 1.165) is 31.5 Å². The molecule has 2 nitrogen and oxygen atoms in total. The minimum Gasteiger partial charge on any atom is -0.334 e. The summed E-state index contributed by atoms with van der Waals surface area (Å²) in [6.45, 7) is 5.66. The first-order chi connectivity index (χ1) is 8.81. The van der Waals surface area contributed by atoms with Crippen LogP contribution in [-0.4, -0.2) is 23.2 Å². The van der Waals surface area contributed by atoms with Crippen LogP contribution in [0.4, 0.5) is 4.79 Å². The second-order valence-electron chi connectivity index (χ2n) is 4.50. The van der Waals surface area contributed by atoms with Gasteiger partial charge >= 0.3 is 0 Å². The van der Waals surface area contributed by atoms with Crippen molar-refractivity contribution in [1.29, 1.82) is 0 Å². The molecular formula is C15H19NOS. The van der Waals surface area contributed by atoms with E-state index in [2.05, 4.69) is 6.58 Å². The van der Waals surface area contributed by atoms with Gasteiger partial charge in [0.25, 0.3) is 5.24 Å². The fourth-order valence-electron chi connectivity index (χ4n) is 2.15. The standard InChI is InChI=1S/C15H19NOS/c1-2-14(13-9-5-3-6-10-13)18-15(17)16-11-7-4-8-12-16/h2-3,5-6,9-10,14H,1,4,7-8,11-12H2/t14-/m0/s1. The molecule has 0 unspecified atom stereocenters. The van der Waals surface area contributed by atoms with Gasteiger partial charge in [-0.1, -0.05) is 48.2 Å². The van der Waals surface area contributed by atoms with Gasteiger partial charge in [0.2, 0.25) is 0 Å². The zero-order valence-corrected chi connectivity index (χ0v) is 11.4. The third kappa shape index (κ3) is 3.39. The monoisotopic (exact) mass is 261 g/mol. The molecule has 3 heteroatoms. The summed E-state index contributed by atoms with van der Waals surface area (Å²) in [5.74, 6) is 0. The Labute approximate surface area is 113 Å². The molecule has 96 valence electrons. The van der Waals surface area contributed by atoms with Crippen LogP contribution in [0, 0.1) is 0 Å². The molecular weight excluding hydrogens is 242 g/mol. The zero-order valence-electron chi connectivity index (χ0n) is 10.5. The molecule has 1 aromatic carbocycles. The fourth-order valence-corrected chi connectivity index (χ4v) is 3.09. The second kappa shape index (κ2) is 6.64. The average molecular weight is 261 g/mol. The topological polar surface area (TPSA) is 20.3 Å². The van der Waals surface area contributed by atoms with Crippen LogP contribution in [0.3, 0.4) is 0 Å². The maximum atomic E-state index is 12.2. The Hall–Kier alpha value is -1.22. The summed E-state index contributed by atoms with van der Waals surface area (Å²) < 4.78 is 0. The largest absolute Gasteiger partial charge is 0.334 e. The highest BCUT2D eigenvalue weighted by Crippen LogP contribution is 2.32. The normalized spacial score (nSPS) is 17.2. The molecule has 2 rings (SSSR count). The van der Waals surface area contributed by atoms with Gasteiger partial charge in [-0.15, -0.1) is 6.58 Å². The number of amides is 1. The SMILES string of the molecule is C=C[C@H](SC(=O)N1CCCCC1)c1ccccc1. The van der Waals surface area contributed by atoms with E-state index in [9.17, 15) is 4.79 Å². The summed E-state index contributed by atoms with van der Waals surface area (Å²) >= 11 is 1.37. The van der Waals surface area contributed by atoms with Crippen molar-refractivity contribution in [3.8, 4) is 0 Å². The number of nitrogens with zero attached hydrogens (tertiary/aromatic N) is 1. The molecule has 0 radical (unpaired) electrons. The molecule has 0 aliphatic carbocycles. The molecule has 1 amide bonds. The van der Waals surface area contributed by atoms with Crippen molar-refractivity contribution < 1.29 is 4.79 Å². The van der Waals surface area contributed by atoms with Gasteiger partial charge in [-0.05, 0) is 24.8 Å². The summed E-state index contributed by atoms with van der Waals surface area (Å²) in [4.78, 5) is 14.1. The van der Waals surface area contributed by atoms with Crippen LogP contribution in [0.2, 0.25) is 0 Å². The van der Waals surface area contributed by atoms with E-state index in [4.69, 9.17) is 0 Å². The third-order valence-corrected chi connectivity index (χ3v) is 4.36. The lowest BCUT2D eigenvalue weighted by molar-refractivity contribution is 0.211. The lowest BCUT2D eigenvalue weighted by atomic mass is 10.1. The van der Waals surface area contributed by atoms with E-state index in [1.54, 1.807) is 0 Å². The number of likely N-dealkylation sites (tertiary alicyclic amines) is 1. The minimum absolute atomic E-state index is 0.0561. The van der Waals surface area contributed by atoms with Crippen LogP contribution in [0.25, 0.3) is 0 Å². The van der Waals surface area contributed by atoms with E-state index in [1.807, 2.05) is 41.3 Å². The minimum atomic E-state index is 0.0561. The fraction of sp³-hybridized carbons (Fsp3) is 0.400. The Bertz CT molecular complexity index is 398. The summed E-state index contributed by atoms with van der Waals surface area (Å²) in [7, 11) is 0. The van der Waals surface area contributed by atoms with Gasteiger partial charge in [-0.2, -0.15) is 0 Å². The molecule has 1 saturated heterocycles. The summed E-state index contributed by atoms with van der Waals surface area (Å²) in [6.07, 6.45) is 5.37. The van der Waals surface area contributed by atoms with Crippen LogP contribution in [-0.2, 0) is 0 Å². The number of hydrogen-bond acceptors (Lipinski definition) is 2. The zero-order chi connectivity index (χ0) is 12.8. The molecule has 1 aliphatic rings. The number of hydrogen-bond donors (Lipinski definition) is 0. The van der Waals surface area contributed by atoms with Crippen molar-refractivity contribution in [3.63, 3.8) is 0 Å². The number of benzene rings is 1. The molecule has 1 fully saturated rings. The number of carbonyl (C=O) groups is 1. The lowest BCUT2D eigenvalue weighted by Crippen LogP contribution is -2.33. The van der Waals surface area contributed by atoms with Crippen LogP contribution < -0.4 is 0 Å². The molecule has 1 atom stereocenters. The Morgan fingerprint density at radius 1 is 1.22 bits per heavy atom. The summed E-state index contributed by atoms with van der Waals surface area (Å²) in [5, 5.41) is 0.240. The molecule has 18 heavy (non-hydrogen) atoms. The van der Waals surface area contributed by atoms with Crippen LogP contribution in [0.5, 0.6) is 0 Å². The van der Waals surface area contributed by atoms with E-state index < -0.39 is 0 Å². The molecule has 0 spiro atoms. The second-order valence-corrected chi connectivity index (χ2v) is 5.59. The summed E-state index contributed by atoms with van der Waals surface area (Å²) in [5.41, 5.74) is 1.14. The maximum absolute atomic E-state index is 12.2. The molecule has 0 bridgehead atoms. The van der Waals surface area contributed by atoms with Gasteiger partial charge in [-0.25, -0.2) is 0 Å².